The monoisotopic (exact) mass is 863 g/mol. The molecule has 1 aromatic carbocycles. The maximum atomic E-state index is 13.8. The molecule has 3 aliphatic heterocycles. The number of ether oxygens (including phenoxy) is 6. The summed E-state index contributed by atoms with van der Waals surface area (Å²) in [7, 11) is 3.86. The molecule has 3 fully saturated rings. The summed E-state index contributed by atoms with van der Waals surface area (Å²) in [6, 6.07) is 7.33. The summed E-state index contributed by atoms with van der Waals surface area (Å²) in [5.41, 5.74) is 6.30. The highest BCUT2D eigenvalue weighted by molar-refractivity contribution is 5.95. The summed E-state index contributed by atoms with van der Waals surface area (Å²) in [6.45, 7) is 23.7. The van der Waals surface area contributed by atoms with Gasteiger partial charge in [-0.05, 0) is 90.4 Å². The molecule has 4 atom stereocenters. The van der Waals surface area contributed by atoms with Crippen molar-refractivity contribution >= 4 is 34.6 Å². The first kappa shape index (κ1) is 47.2. The van der Waals surface area contributed by atoms with Crippen LogP contribution in [0.2, 0.25) is 0 Å². The Labute approximate surface area is 367 Å². The topological polar surface area (TPSA) is 146 Å². The van der Waals surface area contributed by atoms with Gasteiger partial charge in [-0.25, -0.2) is 9.59 Å². The minimum atomic E-state index is -1.06. The van der Waals surface area contributed by atoms with Crippen molar-refractivity contribution in [1.29, 1.82) is 0 Å². The average molecular weight is 863 g/mol. The first-order chi connectivity index (χ1) is 29.4. The second-order valence-corrected chi connectivity index (χ2v) is 18.8. The van der Waals surface area contributed by atoms with Crippen LogP contribution >= 0.6 is 0 Å². The number of rotatable bonds is 16. The molecule has 62 heavy (non-hydrogen) atoms. The highest BCUT2D eigenvalue weighted by atomic mass is 16.6. The number of hydrogen-bond acceptors (Lipinski definition) is 13. The van der Waals surface area contributed by atoms with Crippen LogP contribution in [0.3, 0.4) is 0 Å². The number of fused-ring (bicyclic) bond motifs is 1. The van der Waals surface area contributed by atoms with Crippen molar-refractivity contribution in [3.05, 3.63) is 47.3 Å². The van der Waals surface area contributed by atoms with Gasteiger partial charge in [-0.2, -0.15) is 0 Å². The van der Waals surface area contributed by atoms with Gasteiger partial charge in [-0.3, -0.25) is 14.7 Å². The molecule has 15 nitrogen and oxygen atoms in total. The Bertz CT molecular complexity index is 2030. The van der Waals surface area contributed by atoms with Crippen LogP contribution in [0.5, 0.6) is 0 Å². The van der Waals surface area contributed by atoms with Gasteiger partial charge < -0.3 is 48.1 Å². The first-order valence-electron chi connectivity index (χ1n) is 22.3. The fourth-order valence-corrected chi connectivity index (χ4v) is 9.10. The summed E-state index contributed by atoms with van der Waals surface area (Å²) in [5, 5.41) is 3.98. The largest absolute Gasteiger partial charge is 0.465 e. The molecule has 0 unspecified atom stereocenters. The third-order valence-electron chi connectivity index (χ3n) is 12.1. The number of alkyl carbamates (subject to hydrolysis) is 1. The number of carbonyl (C=O) groups is 3. The number of hydrogen-bond donors (Lipinski definition) is 1. The maximum absolute atomic E-state index is 13.8. The van der Waals surface area contributed by atoms with Crippen LogP contribution in [0.25, 0.3) is 22.2 Å². The molecule has 0 saturated carbocycles. The number of amides is 1. The van der Waals surface area contributed by atoms with Gasteiger partial charge in [0.1, 0.15) is 11.6 Å². The number of carbonyl (C=O) groups excluding carboxylic acids is 3. The van der Waals surface area contributed by atoms with Crippen LogP contribution in [0.15, 0.2) is 30.5 Å². The molecule has 1 N–H and O–H groups in total. The lowest BCUT2D eigenvalue weighted by molar-refractivity contribution is -0.152. The second kappa shape index (κ2) is 20.0. The summed E-state index contributed by atoms with van der Waals surface area (Å²) >= 11 is 0. The lowest BCUT2D eigenvalue weighted by atomic mass is 9.83. The van der Waals surface area contributed by atoms with Gasteiger partial charge in [0.15, 0.2) is 0 Å². The van der Waals surface area contributed by atoms with Gasteiger partial charge in [0.2, 0.25) is 0 Å². The Morgan fingerprint density at radius 1 is 0.984 bits per heavy atom. The Kier molecular flexibility index (Phi) is 15.3. The van der Waals surface area contributed by atoms with E-state index in [2.05, 4.69) is 76.7 Å². The van der Waals surface area contributed by atoms with Crippen molar-refractivity contribution in [3.8, 4) is 11.3 Å². The fourth-order valence-electron chi connectivity index (χ4n) is 9.10. The molecule has 0 aliphatic carbocycles. The van der Waals surface area contributed by atoms with E-state index in [-0.39, 0.29) is 25.3 Å². The standard InChI is InChI=1S/C47H70N6O9/c1-12-53-38-15-14-34(52-18-21-60-39(28-52)43(51-16-19-58-20-17-51)41(44(55)59-13-2)49-45(56)62-46(5,6)7)23-35(38)37(24-47(8,9)29-61-31(4)54)42(53)36-22-32(33-26-50(10)27-33)25-48-40(36)30(3)57-11/h14-15,22-23,25,30,33,39,41,43H,12-13,16-21,24,26-29H2,1-11H3,(H,49,56)/t30-,39+,41-,43+/m0/s1. The number of benzene rings is 1. The number of morpholine rings is 2. The fraction of sp³-hybridized carbons (Fsp3) is 0.660. The SMILES string of the molecule is CCOC(=O)[C@@H](NC(=O)OC(C)(C)C)[C@@H]([C@H]1CN(c2ccc3c(c2)c(CC(C)(C)COC(C)=O)c(-c2cc(C4CN(C)C4)cnc2[C@H](C)OC)n3CC)CCO1)N1CCOCC1. The average Bonchev–Trinajstić information content (AvgIpc) is 3.52. The van der Waals surface area contributed by atoms with Gasteiger partial charge in [-0.1, -0.05) is 13.8 Å². The first-order valence-corrected chi connectivity index (χ1v) is 22.3. The van der Waals surface area contributed by atoms with E-state index in [0.717, 1.165) is 52.2 Å². The van der Waals surface area contributed by atoms with Crippen molar-refractivity contribution in [1.82, 2.24) is 24.7 Å². The van der Waals surface area contributed by atoms with Crippen LogP contribution in [0, 0.1) is 5.41 Å². The van der Waals surface area contributed by atoms with Crippen LogP contribution < -0.4 is 10.2 Å². The molecule has 3 aromatic rings. The van der Waals surface area contributed by atoms with E-state index in [9.17, 15) is 14.4 Å². The predicted molar refractivity (Wildman–Crippen MR) is 239 cm³/mol. The van der Waals surface area contributed by atoms with E-state index >= 15 is 0 Å². The van der Waals surface area contributed by atoms with E-state index in [1.807, 2.05) is 13.1 Å². The number of nitrogens with zero attached hydrogens (tertiary/aromatic N) is 5. The van der Waals surface area contributed by atoms with E-state index in [1.54, 1.807) is 34.8 Å². The number of pyridine rings is 1. The minimum Gasteiger partial charge on any atom is -0.465 e. The lowest BCUT2D eigenvalue weighted by Gasteiger charge is -2.45. The summed E-state index contributed by atoms with van der Waals surface area (Å²) in [5.74, 6) is -0.457. The van der Waals surface area contributed by atoms with Crippen molar-refractivity contribution in [2.45, 2.75) is 111 Å². The second-order valence-electron chi connectivity index (χ2n) is 18.8. The Morgan fingerprint density at radius 2 is 1.71 bits per heavy atom. The van der Waals surface area contributed by atoms with Crippen LogP contribution in [0.1, 0.15) is 91.2 Å². The number of anilines is 1. The van der Waals surface area contributed by atoms with Gasteiger partial charge in [0, 0.05) is 99.5 Å². The van der Waals surface area contributed by atoms with Crippen LogP contribution in [-0.4, -0.2) is 148 Å². The quantitative estimate of drug-likeness (QED) is 0.134. The molecule has 5 heterocycles. The zero-order valence-corrected chi connectivity index (χ0v) is 38.9. The third kappa shape index (κ3) is 11.1. The molecule has 6 rings (SSSR count). The molecule has 0 spiro atoms. The normalized spacial score (nSPS) is 19.7. The van der Waals surface area contributed by atoms with Crippen LogP contribution in [0.4, 0.5) is 10.5 Å². The number of likely N-dealkylation sites (N-methyl/N-ethyl adjacent to an activating group) is 1. The minimum absolute atomic E-state index is 0.155. The van der Waals surface area contributed by atoms with Gasteiger partial charge in [0.05, 0.1) is 62.7 Å². The Balaban J connectivity index is 1.45. The number of nitrogens with one attached hydrogen (secondary N) is 1. The van der Waals surface area contributed by atoms with Crippen molar-refractivity contribution < 1.29 is 42.8 Å². The van der Waals surface area contributed by atoms with Gasteiger partial charge in [-0.15, -0.1) is 0 Å². The molecular formula is C47H70N6O9. The molecule has 0 bridgehead atoms. The summed E-state index contributed by atoms with van der Waals surface area (Å²) in [6.07, 6.45) is 1.20. The van der Waals surface area contributed by atoms with E-state index in [0.29, 0.717) is 64.9 Å². The molecule has 15 heteroatoms. The Morgan fingerprint density at radius 3 is 2.34 bits per heavy atom. The molecule has 0 radical (unpaired) electrons. The predicted octanol–water partition coefficient (Wildman–Crippen LogP) is 5.95. The lowest BCUT2D eigenvalue weighted by Crippen LogP contribution is -2.66. The number of esters is 2. The number of aromatic nitrogens is 2. The number of aryl methyl sites for hydroxylation is 1. The smallest absolute Gasteiger partial charge is 0.408 e. The number of methoxy groups -OCH3 is 1. The summed E-state index contributed by atoms with van der Waals surface area (Å²) in [4.78, 5) is 51.1. The van der Waals surface area contributed by atoms with E-state index in [1.165, 1.54) is 12.5 Å². The maximum Gasteiger partial charge on any atom is 0.408 e. The van der Waals surface area contributed by atoms with Crippen molar-refractivity contribution in [3.63, 3.8) is 0 Å². The molecule has 3 aliphatic rings. The molecule has 3 saturated heterocycles. The molecular weight excluding hydrogens is 793 g/mol. The van der Waals surface area contributed by atoms with Crippen LogP contribution in [-0.2, 0) is 51.0 Å². The molecule has 2 aromatic heterocycles. The van der Waals surface area contributed by atoms with E-state index in [4.69, 9.17) is 33.4 Å². The summed E-state index contributed by atoms with van der Waals surface area (Å²) < 4.78 is 37.5. The highest BCUT2D eigenvalue weighted by Crippen LogP contribution is 2.43. The van der Waals surface area contributed by atoms with Crippen molar-refractivity contribution in [2.75, 3.05) is 91.4 Å². The van der Waals surface area contributed by atoms with Crippen molar-refractivity contribution in [2.24, 2.45) is 5.41 Å². The number of likely N-dealkylation sites (tertiary alicyclic amines) is 1. The molecule has 342 valence electrons. The Hall–Kier alpha value is -4.28. The van der Waals surface area contributed by atoms with E-state index < -0.39 is 41.3 Å². The molecule has 1 amide bonds. The third-order valence-corrected chi connectivity index (χ3v) is 12.1. The zero-order valence-electron chi connectivity index (χ0n) is 38.9. The van der Waals surface area contributed by atoms with Gasteiger partial charge in [0.25, 0.3) is 0 Å². The van der Waals surface area contributed by atoms with Gasteiger partial charge >= 0.3 is 18.0 Å². The highest BCUT2D eigenvalue weighted by Gasteiger charge is 2.44. The zero-order chi connectivity index (χ0) is 44.9.